The Morgan fingerprint density at radius 1 is 1.00 bits per heavy atom. The lowest BCUT2D eigenvalue weighted by Crippen LogP contribution is -2.67. The Kier molecular flexibility index (Phi) is 8.82. The van der Waals surface area contributed by atoms with Gasteiger partial charge >= 0.3 is 22.8 Å². The number of nitrogens with one attached hydrogen (secondary N) is 1. The highest BCUT2D eigenvalue weighted by molar-refractivity contribution is 7.16. The van der Waals surface area contributed by atoms with E-state index in [0.29, 0.717) is 4.70 Å². The van der Waals surface area contributed by atoms with Crippen molar-refractivity contribution in [3.8, 4) is 5.75 Å². The highest BCUT2D eigenvalue weighted by Crippen LogP contribution is 2.41. The summed E-state index contributed by atoms with van der Waals surface area (Å²) in [6.45, 7) is 4.19. The van der Waals surface area contributed by atoms with Gasteiger partial charge in [-0.05, 0) is 0 Å². The standard InChI is InChI=1S/C21H21Cl2NO11S/c1-7(25)24-16-19(32-10(4)28)17(31-9(3)27)12(6-30-8(2)26)34-20(16)33-11-5-13-18(15(23)14(11)22)35-21(29)36-13/h5,12,16-17,19-20H,6H2,1-4H3,(H,24,25)/t12-,16+,17+,19+,20+/m0/s1. The van der Waals surface area contributed by atoms with Crippen molar-refractivity contribution >= 4 is 68.6 Å². The molecule has 1 amide bonds. The average molecular weight is 566 g/mol. The van der Waals surface area contributed by atoms with Crippen molar-refractivity contribution in [2.45, 2.75) is 58.3 Å². The topological polar surface area (TPSA) is 157 Å². The summed E-state index contributed by atoms with van der Waals surface area (Å²) in [5, 5.41) is 2.34. The summed E-state index contributed by atoms with van der Waals surface area (Å²) >= 11 is 13.3. The smallest absolute Gasteiger partial charge is 0.396 e. The van der Waals surface area contributed by atoms with Crippen LogP contribution in [0.15, 0.2) is 15.3 Å². The Balaban J connectivity index is 2.07. The maximum Gasteiger partial charge on any atom is 0.396 e. The van der Waals surface area contributed by atoms with Gasteiger partial charge in [-0.1, -0.05) is 34.5 Å². The maximum atomic E-state index is 12.0. The molecule has 1 N–H and O–H groups in total. The minimum absolute atomic E-state index is 0.0506. The van der Waals surface area contributed by atoms with E-state index in [1.807, 2.05) is 0 Å². The van der Waals surface area contributed by atoms with E-state index in [0.717, 1.165) is 32.1 Å². The first-order chi connectivity index (χ1) is 16.9. The van der Waals surface area contributed by atoms with E-state index in [4.69, 9.17) is 51.3 Å². The van der Waals surface area contributed by atoms with Gasteiger partial charge in [0.2, 0.25) is 12.2 Å². The van der Waals surface area contributed by atoms with Gasteiger partial charge in [0.25, 0.3) is 0 Å². The molecule has 0 radical (unpaired) electrons. The summed E-state index contributed by atoms with van der Waals surface area (Å²) in [6.07, 6.45) is -5.21. The molecule has 12 nitrogen and oxygen atoms in total. The van der Waals surface area contributed by atoms with Crippen molar-refractivity contribution in [3.05, 3.63) is 25.8 Å². The second kappa shape index (κ2) is 11.5. The van der Waals surface area contributed by atoms with E-state index < -0.39 is 66.0 Å². The third kappa shape index (κ3) is 6.46. The average Bonchev–Trinajstić information content (AvgIpc) is 3.13. The number of amides is 1. The van der Waals surface area contributed by atoms with Gasteiger partial charge in [0.15, 0.2) is 17.8 Å². The number of rotatable bonds is 7. The molecule has 5 atom stereocenters. The van der Waals surface area contributed by atoms with Crippen molar-refractivity contribution in [2.24, 2.45) is 0 Å². The Morgan fingerprint density at radius 3 is 2.22 bits per heavy atom. The predicted octanol–water partition coefficient (Wildman–Crippen LogP) is 2.20. The molecule has 1 fully saturated rings. The molecule has 196 valence electrons. The van der Waals surface area contributed by atoms with Gasteiger partial charge in [-0.25, -0.2) is 4.79 Å². The van der Waals surface area contributed by atoms with Gasteiger partial charge in [0, 0.05) is 33.8 Å². The SMILES string of the molecule is CC(=O)N[C@H]1[C@H](Oc2cc3sc(=O)oc3c(Cl)c2Cl)O[C@@H](COC(C)=O)[C@@H](OC(C)=O)[C@@H]1OC(C)=O. The predicted molar refractivity (Wildman–Crippen MR) is 125 cm³/mol. The molecule has 15 heteroatoms. The molecule has 1 aliphatic rings. The van der Waals surface area contributed by atoms with Crippen molar-refractivity contribution in [1.29, 1.82) is 0 Å². The molecule has 0 spiro atoms. The quantitative estimate of drug-likeness (QED) is 0.387. The van der Waals surface area contributed by atoms with Crippen LogP contribution in [-0.4, -0.2) is 61.1 Å². The fourth-order valence-electron chi connectivity index (χ4n) is 3.53. The van der Waals surface area contributed by atoms with Gasteiger partial charge in [-0.2, -0.15) is 0 Å². The Hall–Kier alpha value is -2.87. The van der Waals surface area contributed by atoms with E-state index >= 15 is 0 Å². The molecule has 1 aromatic heterocycles. The third-order valence-corrected chi connectivity index (χ3v) is 6.39. The lowest BCUT2D eigenvalue weighted by molar-refractivity contribution is -0.257. The maximum absolute atomic E-state index is 12.0. The van der Waals surface area contributed by atoms with Gasteiger partial charge in [0.1, 0.15) is 34.5 Å². The van der Waals surface area contributed by atoms with E-state index in [2.05, 4.69) is 5.32 Å². The van der Waals surface area contributed by atoms with Crippen LogP contribution in [0.1, 0.15) is 27.7 Å². The zero-order valence-corrected chi connectivity index (χ0v) is 21.7. The van der Waals surface area contributed by atoms with Crippen LogP contribution >= 0.6 is 34.5 Å². The van der Waals surface area contributed by atoms with Crippen LogP contribution in [-0.2, 0) is 38.1 Å². The number of hydrogen-bond donors (Lipinski definition) is 1. The zero-order valence-electron chi connectivity index (χ0n) is 19.3. The van der Waals surface area contributed by atoms with Crippen LogP contribution in [0.25, 0.3) is 10.3 Å². The molecule has 0 saturated carbocycles. The normalized spacial score (nSPS) is 23.6. The molecule has 0 bridgehead atoms. The highest BCUT2D eigenvalue weighted by atomic mass is 35.5. The number of carbonyl (C=O) groups is 4. The van der Waals surface area contributed by atoms with Crippen LogP contribution < -0.4 is 15.0 Å². The highest BCUT2D eigenvalue weighted by Gasteiger charge is 2.52. The van der Waals surface area contributed by atoms with E-state index in [9.17, 15) is 24.0 Å². The zero-order chi connectivity index (χ0) is 26.7. The van der Waals surface area contributed by atoms with Gasteiger partial charge in [-0.15, -0.1) is 0 Å². The summed E-state index contributed by atoms with van der Waals surface area (Å²) in [6, 6.07) is 0.158. The largest absolute Gasteiger partial charge is 0.463 e. The summed E-state index contributed by atoms with van der Waals surface area (Å²) in [7, 11) is 0. The monoisotopic (exact) mass is 565 g/mol. The molecule has 2 aromatic rings. The molecule has 3 rings (SSSR count). The molecule has 1 aliphatic heterocycles. The number of fused-ring (bicyclic) bond motifs is 1. The Bertz CT molecular complexity index is 1240. The summed E-state index contributed by atoms with van der Waals surface area (Å²) in [5.41, 5.74) is 0.0624. The Labute approximate surface area is 217 Å². The number of carbonyl (C=O) groups excluding carboxylic acids is 4. The molecular weight excluding hydrogens is 545 g/mol. The van der Waals surface area contributed by atoms with E-state index in [1.165, 1.54) is 13.0 Å². The van der Waals surface area contributed by atoms with E-state index in [-0.39, 0.29) is 21.4 Å². The lowest BCUT2D eigenvalue weighted by Gasteiger charge is -2.44. The van der Waals surface area contributed by atoms with Crippen LogP contribution in [0.2, 0.25) is 10.0 Å². The van der Waals surface area contributed by atoms with E-state index in [1.54, 1.807) is 0 Å². The fraction of sp³-hybridized carbons (Fsp3) is 0.476. The molecule has 36 heavy (non-hydrogen) atoms. The number of benzene rings is 1. The van der Waals surface area contributed by atoms with Crippen molar-refractivity contribution in [1.82, 2.24) is 5.32 Å². The van der Waals surface area contributed by atoms with Gasteiger partial charge in [0.05, 0.1) is 4.70 Å². The third-order valence-electron chi connectivity index (χ3n) is 4.79. The van der Waals surface area contributed by atoms with Crippen LogP contribution in [0.3, 0.4) is 0 Å². The van der Waals surface area contributed by atoms with Crippen LogP contribution in [0, 0.1) is 0 Å². The Morgan fingerprint density at radius 2 is 1.64 bits per heavy atom. The minimum atomic E-state index is -1.42. The summed E-state index contributed by atoms with van der Waals surface area (Å²) in [4.78, 5) is 58.3. The molecule has 2 heterocycles. The second-order valence-corrected chi connectivity index (χ2v) is 9.36. The van der Waals surface area contributed by atoms with Crippen LogP contribution in [0.4, 0.5) is 0 Å². The molecule has 1 saturated heterocycles. The van der Waals surface area contributed by atoms with Crippen LogP contribution in [0.5, 0.6) is 5.75 Å². The molecule has 0 aliphatic carbocycles. The first-order valence-corrected chi connectivity index (χ1v) is 11.9. The fourth-order valence-corrected chi connectivity index (χ4v) is 4.71. The first kappa shape index (κ1) is 27.7. The number of esters is 3. The number of halogens is 2. The van der Waals surface area contributed by atoms with Crippen molar-refractivity contribution in [3.63, 3.8) is 0 Å². The van der Waals surface area contributed by atoms with Crippen molar-refractivity contribution in [2.75, 3.05) is 6.61 Å². The van der Waals surface area contributed by atoms with Gasteiger partial charge < -0.3 is 33.4 Å². The molecule has 0 unspecified atom stereocenters. The van der Waals surface area contributed by atoms with Gasteiger partial charge in [-0.3, -0.25) is 19.2 Å². The lowest BCUT2D eigenvalue weighted by atomic mass is 9.96. The minimum Gasteiger partial charge on any atom is -0.463 e. The number of ether oxygens (including phenoxy) is 5. The summed E-state index contributed by atoms with van der Waals surface area (Å²) in [5.74, 6) is -2.76. The molecular formula is C21H21Cl2NO11S. The second-order valence-electron chi connectivity index (χ2n) is 7.62. The summed E-state index contributed by atoms with van der Waals surface area (Å²) < 4.78 is 33.0. The first-order valence-electron chi connectivity index (χ1n) is 10.4. The molecule has 1 aromatic carbocycles. The number of hydrogen-bond acceptors (Lipinski definition) is 12. The van der Waals surface area contributed by atoms with Crippen molar-refractivity contribution < 1.29 is 47.3 Å².